The second-order valence-corrected chi connectivity index (χ2v) is 7.66. The number of imidazole rings is 1. The highest BCUT2D eigenvalue weighted by Crippen LogP contribution is 2.25. The summed E-state index contributed by atoms with van der Waals surface area (Å²) in [4.78, 5) is 17.7. The molecule has 5 rings (SSSR count). The number of aromatic nitrogens is 2. The molecule has 0 N–H and O–H groups in total. The topological polar surface area (TPSA) is 44.1 Å². The number of rotatable bonds is 6. The Balaban J connectivity index is 1.61. The van der Waals surface area contributed by atoms with Crippen molar-refractivity contribution in [2.24, 2.45) is 0 Å². The zero-order valence-corrected chi connectivity index (χ0v) is 18.0. The van der Waals surface area contributed by atoms with Crippen molar-refractivity contribution in [2.45, 2.75) is 6.54 Å². The van der Waals surface area contributed by atoms with Crippen LogP contribution >= 0.6 is 0 Å². The van der Waals surface area contributed by atoms with Crippen LogP contribution in [0, 0.1) is 0 Å². The van der Waals surface area contributed by atoms with Gasteiger partial charge in [0.15, 0.2) is 0 Å². The lowest BCUT2D eigenvalue weighted by atomic mass is 10.1. The first-order valence-electron chi connectivity index (χ1n) is 10.8. The summed E-state index contributed by atoms with van der Waals surface area (Å²) in [5.74, 6) is 0.769. The molecule has 5 aromatic rings. The lowest BCUT2D eigenvalue weighted by molar-refractivity contribution is 0.0693. The molecular weight excluding hydrogens is 408 g/mol. The predicted molar refractivity (Wildman–Crippen MR) is 131 cm³/mol. The molecule has 0 amide bonds. The Kier molecular flexibility index (Phi) is 5.81. The summed E-state index contributed by atoms with van der Waals surface area (Å²) in [5, 5.41) is 0. The number of hydrogen-bond donors (Lipinski definition) is 0. The summed E-state index contributed by atoms with van der Waals surface area (Å²) in [7, 11) is 0. The molecule has 0 unspecified atom stereocenters. The van der Waals surface area contributed by atoms with Crippen molar-refractivity contribution in [3.05, 3.63) is 138 Å². The van der Waals surface area contributed by atoms with E-state index in [-0.39, 0.29) is 0 Å². The maximum Gasteiger partial charge on any atom is 0.343 e. The molecule has 0 aliphatic carbocycles. The minimum atomic E-state index is -0.406. The number of ether oxygens (including phenoxy) is 1. The molecule has 1 aromatic heterocycles. The normalized spacial score (nSPS) is 11.5. The fourth-order valence-corrected chi connectivity index (χ4v) is 3.76. The maximum atomic E-state index is 12.9. The standard InChI is InChI=1S/C29H22N2O2/c32-29(24-16-8-3-9-17-24)33-27(23-14-6-2-7-15-23)20-28-30-25-18-10-11-19-26(25)31(28)21-22-12-4-1-5-13-22/h1-20H,21H2/b27-20+. The van der Waals surface area contributed by atoms with Gasteiger partial charge in [-0.3, -0.25) is 0 Å². The highest BCUT2D eigenvalue weighted by atomic mass is 16.5. The second-order valence-electron chi connectivity index (χ2n) is 7.66. The largest absolute Gasteiger partial charge is 0.422 e. The Morgan fingerprint density at radius 1 is 0.727 bits per heavy atom. The van der Waals surface area contributed by atoms with Gasteiger partial charge in [-0.25, -0.2) is 9.78 Å². The molecular formula is C29H22N2O2. The van der Waals surface area contributed by atoms with Gasteiger partial charge in [-0.2, -0.15) is 0 Å². The third-order valence-electron chi connectivity index (χ3n) is 5.40. The molecule has 0 atom stereocenters. The Hall–Kier alpha value is -4.44. The van der Waals surface area contributed by atoms with Crippen molar-refractivity contribution in [3.63, 3.8) is 0 Å². The van der Waals surface area contributed by atoms with E-state index >= 15 is 0 Å². The Morgan fingerprint density at radius 2 is 1.30 bits per heavy atom. The molecule has 4 heteroatoms. The van der Waals surface area contributed by atoms with E-state index in [1.165, 1.54) is 0 Å². The van der Waals surface area contributed by atoms with E-state index in [0.717, 1.165) is 28.0 Å². The lowest BCUT2D eigenvalue weighted by Crippen LogP contribution is -2.06. The Bertz CT molecular complexity index is 1410. The van der Waals surface area contributed by atoms with Crippen molar-refractivity contribution in [2.75, 3.05) is 0 Å². The molecule has 0 aliphatic rings. The average molecular weight is 431 g/mol. The van der Waals surface area contributed by atoms with Gasteiger partial charge in [0, 0.05) is 18.2 Å². The number of benzene rings is 4. The van der Waals surface area contributed by atoms with E-state index in [4.69, 9.17) is 9.72 Å². The van der Waals surface area contributed by atoms with Gasteiger partial charge < -0.3 is 9.30 Å². The van der Waals surface area contributed by atoms with Crippen molar-refractivity contribution < 1.29 is 9.53 Å². The van der Waals surface area contributed by atoms with E-state index in [1.807, 2.05) is 91.0 Å². The van der Waals surface area contributed by atoms with Crippen LogP contribution in [-0.4, -0.2) is 15.5 Å². The Labute approximate surface area is 192 Å². The summed E-state index contributed by atoms with van der Waals surface area (Å²) in [6.45, 7) is 0.655. The third-order valence-corrected chi connectivity index (χ3v) is 5.40. The summed E-state index contributed by atoms with van der Waals surface area (Å²) in [5.41, 5.74) is 4.38. The third kappa shape index (κ3) is 4.60. The minimum Gasteiger partial charge on any atom is -0.422 e. The lowest BCUT2D eigenvalue weighted by Gasteiger charge is -2.11. The van der Waals surface area contributed by atoms with Gasteiger partial charge in [0.2, 0.25) is 0 Å². The predicted octanol–water partition coefficient (Wildman–Crippen LogP) is 6.44. The number of para-hydroxylation sites is 2. The van der Waals surface area contributed by atoms with E-state index in [0.29, 0.717) is 17.9 Å². The van der Waals surface area contributed by atoms with Crippen LogP contribution in [0.2, 0.25) is 0 Å². The first-order chi connectivity index (χ1) is 16.3. The van der Waals surface area contributed by atoms with Crippen LogP contribution in [0.5, 0.6) is 0 Å². The van der Waals surface area contributed by atoms with E-state index in [2.05, 4.69) is 22.8 Å². The Morgan fingerprint density at radius 3 is 2.00 bits per heavy atom. The van der Waals surface area contributed by atoms with Gasteiger partial charge >= 0.3 is 5.97 Å². The second kappa shape index (κ2) is 9.37. The fourth-order valence-electron chi connectivity index (χ4n) is 3.76. The van der Waals surface area contributed by atoms with Crippen LogP contribution in [-0.2, 0) is 11.3 Å². The van der Waals surface area contributed by atoms with Crippen LogP contribution in [0.15, 0.2) is 115 Å². The van der Waals surface area contributed by atoms with Gasteiger partial charge in [0.05, 0.1) is 16.6 Å². The number of carbonyl (C=O) groups excluding carboxylic acids is 1. The van der Waals surface area contributed by atoms with Crippen molar-refractivity contribution in [1.82, 2.24) is 9.55 Å². The fraction of sp³-hybridized carbons (Fsp3) is 0.0345. The molecule has 1 heterocycles. The van der Waals surface area contributed by atoms with Crippen molar-refractivity contribution in [3.8, 4) is 0 Å². The number of esters is 1. The van der Waals surface area contributed by atoms with Crippen LogP contribution in [0.4, 0.5) is 0 Å². The molecule has 0 bridgehead atoms. The summed E-state index contributed by atoms with van der Waals surface area (Å²) < 4.78 is 8.04. The first kappa shape index (κ1) is 20.5. The summed E-state index contributed by atoms with van der Waals surface area (Å²) in [6, 6.07) is 36.9. The molecule has 0 saturated heterocycles. The minimum absolute atomic E-state index is 0.406. The van der Waals surface area contributed by atoms with Crippen LogP contribution in [0.3, 0.4) is 0 Å². The molecule has 160 valence electrons. The van der Waals surface area contributed by atoms with E-state index in [9.17, 15) is 4.79 Å². The molecule has 4 nitrogen and oxygen atoms in total. The van der Waals surface area contributed by atoms with E-state index in [1.54, 1.807) is 12.1 Å². The zero-order valence-electron chi connectivity index (χ0n) is 18.0. The maximum absolute atomic E-state index is 12.9. The highest BCUT2D eigenvalue weighted by molar-refractivity contribution is 5.95. The quantitative estimate of drug-likeness (QED) is 0.230. The highest BCUT2D eigenvalue weighted by Gasteiger charge is 2.15. The van der Waals surface area contributed by atoms with E-state index < -0.39 is 5.97 Å². The molecule has 0 radical (unpaired) electrons. The van der Waals surface area contributed by atoms with Crippen LogP contribution < -0.4 is 0 Å². The van der Waals surface area contributed by atoms with Crippen LogP contribution in [0.25, 0.3) is 22.9 Å². The number of carbonyl (C=O) groups is 1. The summed E-state index contributed by atoms with van der Waals surface area (Å²) >= 11 is 0. The van der Waals surface area contributed by atoms with Gasteiger partial charge in [-0.1, -0.05) is 91.0 Å². The number of nitrogens with zero attached hydrogens (tertiary/aromatic N) is 2. The number of hydrogen-bond acceptors (Lipinski definition) is 3. The monoisotopic (exact) mass is 430 g/mol. The average Bonchev–Trinajstić information content (AvgIpc) is 3.22. The van der Waals surface area contributed by atoms with Gasteiger partial charge in [0.1, 0.15) is 11.6 Å². The molecule has 0 spiro atoms. The van der Waals surface area contributed by atoms with Gasteiger partial charge in [-0.15, -0.1) is 0 Å². The van der Waals surface area contributed by atoms with Gasteiger partial charge in [0.25, 0.3) is 0 Å². The molecule has 0 saturated carbocycles. The molecule has 4 aromatic carbocycles. The first-order valence-corrected chi connectivity index (χ1v) is 10.8. The van der Waals surface area contributed by atoms with Crippen molar-refractivity contribution >= 4 is 28.8 Å². The molecule has 33 heavy (non-hydrogen) atoms. The summed E-state index contributed by atoms with van der Waals surface area (Å²) in [6.07, 6.45) is 1.85. The van der Waals surface area contributed by atoms with Crippen LogP contribution in [0.1, 0.15) is 27.3 Å². The smallest absolute Gasteiger partial charge is 0.343 e. The number of fused-ring (bicyclic) bond motifs is 1. The molecule has 0 aliphatic heterocycles. The van der Waals surface area contributed by atoms with Gasteiger partial charge in [-0.05, 0) is 29.8 Å². The van der Waals surface area contributed by atoms with Crippen molar-refractivity contribution in [1.29, 1.82) is 0 Å². The zero-order chi connectivity index (χ0) is 22.5. The SMILES string of the molecule is O=C(O/C(=C/c1nc2ccccc2n1Cc1ccccc1)c1ccccc1)c1ccccc1. The molecule has 0 fully saturated rings.